The Labute approximate surface area is 715 Å². The van der Waals surface area contributed by atoms with Crippen molar-refractivity contribution in [3.8, 4) is 67.8 Å². The molecule has 0 atom stereocenters. The quantitative estimate of drug-likeness (QED) is 0.0479. The first kappa shape index (κ1) is 77.3. The number of hydrogen-bond acceptors (Lipinski definition) is 8. The van der Waals surface area contributed by atoms with Crippen LogP contribution in [0.25, 0.3) is 206 Å². The van der Waals surface area contributed by atoms with Crippen molar-refractivity contribution >= 4 is 214 Å². The van der Waals surface area contributed by atoms with Crippen molar-refractivity contribution in [2.75, 3.05) is 0 Å². The number of halogens is 3. The second-order valence-electron chi connectivity index (χ2n) is 31.8. The number of nitro benzene ring substituents is 2. The Morgan fingerprint density at radius 2 is 0.636 bits per heavy atom. The van der Waals surface area contributed by atoms with Gasteiger partial charge in [-0.2, -0.15) is 10.5 Å². The van der Waals surface area contributed by atoms with Gasteiger partial charge < -0.3 is 9.31 Å². The molecule has 0 aliphatic carbocycles. The summed E-state index contributed by atoms with van der Waals surface area (Å²) < 4.78 is 13.7. The van der Waals surface area contributed by atoms with Crippen molar-refractivity contribution in [1.29, 1.82) is 10.5 Å². The molecule has 1 fully saturated rings. The van der Waals surface area contributed by atoms with Gasteiger partial charge in [-0.15, -0.1) is 23.2 Å². The van der Waals surface area contributed by atoms with E-state index in [2.05, 4.69) is 323 Å². The molecule has 1 saturated heterocycles. The average molecular weight is 1670 g/mol. The SMILES string of the molecule is C.CC(Cl)Cl.CC1(C)OB(c2ccc3c4c(-c5ccccc5)c5c(cc6c7ccccc7c7cccc5c76)c(-c5ccccc5)c4c4cccc2c43)OC1(C)C.N#Cc1ccc(-c2ccc3c4c(-c5ccccc5)c5c(cc6c7ccccc7c7cccc5c76)c(-c5ccccc5)c4c4cccc2c43)c([N+](=O)[O-])c1.N#Cc1ccc(Br)c([N+](=O)[O-])c1. The molecule has 22 aromatic rings. The van der Waals surface area contributed by atoms with Crippen LogP contribution in [0.1, 0.15) is 53.2 Å². The van der Waals surface area contributed by atoms with E-state index in [9.17, 15) is 25.5 Å². The molecule has 22 aromatic carbocycles. The molecule has 1 aliphatic rings. The van der Waals surface area contributed by atoms with Crippen LogP contribution >= 0.6 is 39.1 Å². The Hall–Kier alpha value is -13.7. The zero-order chi connectivity index (χ0) is 82.3. The molecule has 0 amide bonds. The highest BCUT2D eigenvalue weighted by atomic mass is 79.9. The van der Waals surface area contributed by atoms with Gasteiger partial charge in [0.15, 0.2) is 0 Å². The molecule has 0 aromatic heterocycles. The molecular formula is C107H72BBrCl2N4O6. The molecule has 0 unspecified atom stereocenters. The molecular weight excluding hydrogens is 1600 g/mol. The van der Waals surface area contributed by atoms with Gasteiger partial charge in [0, 0.05) is 12.1 Å². The first-order valence-corrected chi connectivity index (χ1v) is 41.4. The topological polar surface area (TPSA) is 152 Å². The molecule has 121 heavy (non-hydrogen) atoms. The van der Waals surface area contributed by atoms with E-state index in [0.29, 0.717) is 10.0 Å². The molecule has 10 nitrogen and oxygen atoms in total. The molecule has 1 aliphatic heterocycles. The Morgan fingerprint density at radius 3 is 1.06 bits per heavy atom. The van der Waals surface area contributed by atoms with Crippen LogP contribution in [0.4, 0.5) is 11.4 Å². The first-order chi connectivity index (χ1) is 58.3. The molecule has 0 spiro atoms. The first-order valence-electron chi connectivity index (χ1n) is 39.7. The van der Waals surface area contributed by atoms with E-state index in [4.69, 9.17) is 37.8 Å². The van der Waals surface area contributed by atoms with Crippen LogP contribution < -0.4 is 5.46 Å². The van der Waals surface area contributed by atoms with Gasteiger partial charge in [0.05, 0.1) is 54.4 Å². The molecule has 0 radical (unpaired) electrons. The number of nitriles is 2. The lowest BCUT2D eigenvalue weighted by molar-refractivity contribution is -0.385. The molecule has 1 heterocycles. The van der Waals surface area contributed by atoms with E-state index in [0.717, 1.165) is 43.7 Å². The van der Waals surface area contributed by atoms with Gasteiger partial charge in [-0.1, -0.05) is 274 Å². The molecule has 23 rings (SSSR count). The van der Waals surface area contributed by atoms with Crippen molar-refractivity contribution in [2.45, 2.75) is 58.1 Å². The van der Waals surface area contributed by atoms with Crippen molar-refractivity contribution in [3.05, 3.63) is 351 Å². The van der Waals surface area contributed by atoms with E-state index in [1.807, 2.05) is 12.1 Å². The summed E-state index contributed by atoms with van der Waals surface area (Å²) >= 11 is 13.1. The average Bonchev–Trinajstić information content (AvgIpc) is 1.54. The van der Waals surface area contributed by atoms with E-state index in [1.165, 1.54) is 187 Å². The minimum absolute atomic E-state index is 0. The molecule has 0 saturated carbocycles. The van der Waals surface area contributed by atoms with Crippen LogP contribution in [0.3, 0.4) is 0 Å². The predicted octanol–water partition coefficient (Wildman–Crippen LogP) is 30.4. The highest BCUT2D eigenvalue weighted by molar-refractivity contribution is 9.10. The van der Waals surface area contributed by atoms with E-state index >= 15 is 0 Å². The Morgan fingerprint density at radius 1 is 0.331 bits per heavy atom. The van der Waals surface area contributed by atoms with Crippen molar-refractivity contribution in [3.63, 3.8) is 0 Å². The minimum atomic E-state index is -0.537. The predicted molar refractivity (Wildman–Crippen MR) is 510 cm³/mol. The van der Waals surface area contributed by atoms with E-state index in [-0.39, 0.29) is 39.7 Å². The van der Waals surface area contributed by atoms with Gasteiger partial charge >= 0.3 is 7.12 Å². The number of benzene rings is 18. The van der Waals surface area contributed by atoms with Gasteiger partial charge in [0.1, 0.15) is 4.84 Å². The third kappa shape index (κ3) is 12.3. The summed E-state index contributed by atoms with van der Waals surface area (Å²) in [5.74, 6) is 0. The minimum Gasteiger partial charge on any atom is -0.399 e. The molecule has 580 valence electrons. The van der Waals surface area contributed by atoms with E-state index in [1.54, 1.807) is 19.1 Å². The lowest BCUT2D eigenvalue weighted by atomic mass is 9.75. The third-order valence-electron chi connectivity index (χ3n) is 24.7. The maximum Gasteiger partial charge on any atom is 0.495 e. The fraction of sp³-hybridized carbons (Fsp3) is 0.0841. The van der Waals surface area contributed by atoms with Gasteiger partial charge in [-0.25, -0.2) is 0 Å². The van der Waals surface area contributed by atoms with E-state index < -0.39 is 23.2 Å². The normalized spacial score (nSPS) is 13.1. The number of nitrogens with zero attached hydrogens (tertiary/aromatic N) is 4. The lowest BCUT2D eigenvalue weighted by Gasteiger charge is -2.32. The Balaban J connectivity index is 0.000000134. The van der Waals surface area contributed by atoms with Crippen LogP contribution in [0.2, 0.25) is 0 Å². The molecule has 0 bridgehead atoms. The third-order valence-corrected chi connectivity index (χ3v) is 25.4. The van der Waals surface area contributed by atoms with Crippen LogP contribution in [-0.2, 0) is 9.31 Å². The smallest absolute Gasteiger partial charge is 0.399 e. The second-order valence-corrected chi connectivity index (χ2v) is 34.2. The summed E-state index contributed by atoms with van der Waals surface area (Å²) in [7, 11) is -0.452. The van der Waals surface area contributed by atoms with Gasteiger partial charge in [0.25, 0.3) is 11.4 Å². The second kappa shape index (κ2) is 30.0. The number of fused-ring (bicyclic) bond motifs is 16. The van der Waals surface area contributed by atoms with Crippen molar-refractivity contribution < 1.29 is 19.2 Å². The maximum atomic E-state index is 12.4. The van der Waals surface area contributed by atoms with Crippen LogP contribution in [-0.4, -0.2) is 33.0 Å². The van der Waals surface area contributed by atoms with Gasteiger partial charge in [0.2, 0.25) is 0 Å². The molecule has 14 heteroatoms. The maximum absolute atomic E-state index is 12.4. The monoisotopic (exact) mass is 1670 g/mol. The highest BCUT2D eigenvalue weighted by Crippen LogP contribution is 2.58. The zero-order valence-corrected chi connectivity index (χ0v) is 68.6. The fourth-order valence-electron chi connectivity index (χ4n) is 19.2. The number of nitro groups is 2. The number of hydrogen-bond donors (Lipinski definition) is 0. The summed E-state index contributed by atoms with van der Waals surface area (Å²) in [5.41, 5.74) is 11.5. The summed E-state index contributed by atoms with van der Waals surface area (Å²) in [6, 6.07) is 114. The summed E-state index contributed by atoms with van der Waals surface area (Å²) in [6.45, 7) is 10.2. The zero-order valence-electron chi connectivity index (χ0n) is 65.5. The van der Waals surface area contributed by atoms with Crippen molar-refractivity contribution in [2.24, 2.45) is 0 Å². The number of rotatable bonds is 8. The largest absolute Gasteiger partial charge is 0.495 e. The Kier molecular flexibility index (Phi) is 19.2. The van der Waals surface area contributed by atoms with Crippen LogP contribution in [0.15, 0.2) is 320 Å². The van der Waals surface area contributed by atoms with Crippen LogP contribution in [0.5, 0.6) is 0 Å². The van der Waals surface area contributed by atoms with Crippen LogP contribution in [0, 0.1) is 42.9 Å². The summed E-state index contributed by atoms with van der Waals surface area (Å²) in [5, 5.41) is 75.3. The van der Waals surface area contributed by atoms with Gasteiger partial charge in [-0.05, 0) is 293 Å². The lowest BCUT2D eigenvalue weighted by Crippen LogP contribution is -2.41. The fourth-order valence-corrected chi connectivity index (χ4v) is 19.5. The summed E-state index contributed by atoms with van der Waals surface area (Å²) in [4.78, 5) is 21.6. The standard InChI is InChI=1S/C49H26N2O2.C48H35BO2.C7H3BrN2O2.C2H4Cl2.CH4/c50-27-28-21-22-34(42(25-28)51(52)53)33-23-24-39-45-36(33)18-10-20-38(45)48-43(29-11-3-1-4-12-29)41-26-40-32-16-8-7-15-31(32)35-17-9-19-37(46(35)40)47(41)44(49(39)48)30-13-5-2-6-14-30;1-47(2)48(3,4)51-49(50-47)39-26-25-36-43-33(39)22-14-24-35(43)45-40(28-15-7-5-8-16-28)38-27-37-31-20-12-11-19-30(31)32-21-13-23-34(42(32)37)44(38)41(46(36)45)29-17-9-6-10-18-29;8-6-2-1-5(4-9)3-7(6)10(11)12;1-2(3)4;/h1-26H;5-27H,1-4H3;1-3H;2H,1H3;1H4. The van der Waals surface area contributed by atoms with Gasteiger partial charge in [-0.3, -0.25) is 20.2 Å². The molecule has 0 N–H and O–H groups in total. The Bertz CT molecular complexity index is 8060. The number of alkyl halides is 2. The highest BCUT2D eigenvalue weighted by Gasteiger charge is 2.52. The van der Waals surface area contributed by atoms with Crippen molar-refractivity contribution in [1.82, 2.24) is 0 Å². The summed E-state index contributed by atoms with van der Waals surface area (Å²) in [6.07, 6.45) is 0.